The van der Waals surface area contributed by atoms with E-state index in [0.29, 0.717) is 34.5 Å². The number of amides is 1. The van der Waals surface area contributed by atoms with Gasteiger partial charge in [0.25, 0.3) is 0 Å². The third-order valence-corrected chi connectivity index (χ3v) is 5.89. The Morgan fingerprint density at radius 2 is 1.72 bits per heavy atom. The maximum Gasteiger partial charge on any atom is 0.241 e. The lowest BCUT2D eigenvalue weighted by Gasteiger charge is -2.20. The Morgan fingerprint density at radius 3 is 2.31 bits per heavy atom. The van der Waals surface area contributed by atoms with E-state index in [4.69, 9.17) is 27.9 Å². The molecule has 0 radical (unpaired) electrons. The Balaban J connectivity index is 1.82. The van der Waals surface area contributed by atoms with E-state index in [9.17, 15) is 13.2 Å². The number of ether oxygens (including phenoxy) is 1. The van der Waals surface area contributed by atoms with Gasteiger partial charge < -0.3 is 10.1 Å². The summed E-state index contributed by atoms with van der Waals surface area (Å²) in [4.78, 5) is 12.2. The first-order valence-corrected chi connectivity index (χ1v) is 11.2. The van der Waals surface area contributed by atoms with Crippen molar-refractivity contribution in [2.75, 3.05) is 11.9 Å². The first-order chi connectivity index (χ1) is 13.5. The van der Waals surface area contributed by atoms with Crippen LogP contribution in [0.3, 0.4) is 0 Å². The Bertz CT molecular complexity index is 955. The van der Waals surface area contributed by atoms with E-state index in [-0.39, 0.29) is 17.2 Å². The van der Waals surface area contributed by atoms with Crippen molar-refractivity contribution in [2.24, 2.45) is 0 Å². The molecule has 2 N–H and O–H groups in total. The van der Waals surface area contributed by atoms with Crippen LogP contribution in [-0.2, 0) is 14.8 Å². The summed E-state index contributed by atoms with van der Waals surface area (Å²) in [5, 5.41) is 3.67. The molecule has 29 heavy (non-hydrogen) atoms. The molecular weight excluding hydrogens is 435 g/mol. The smallest absolute Gasteiger partial charge is 0.241 e. The molecule has 0 fully saturated rings. The highest BCUT2D eigenvalue weighted by Gasteiger charge is 2.21. The lowest BCUT2D eigenvalue weighted by atomic mass is 10.1. The molecule has 0 spiro atoms. The molecule has 9 heteroatoms. The highest BCUT2D eigenvalue weighted by atomic mass is 35.5. The number of nitrogens with one attached hydrogen (secondary N) is 2. The van der Waals surface area contributed by atoms with E-state index in [1.54, 1.807) is 51.1 Å². The van der Waals surface area contributed by atoms with Gasteiger partial charge in [-0.1, -0.05) is 23.2 Å². The average molecular weight is 459 g/mol. The number of sulfonamides is 1. The largest absolute Gasteiger partial charge is 0.492 e. The number of carbonyl (C=O) groups excluding carboxylic acids is 1. The summed E-state index contributed by atoms with van der Waals surface area (Å²) in [7, 11) is -3.61. The molecule has 2 aromatic carbocycles. The molecule has 0 atom stereocenters. The second-order valence-electron chi connectivity index (χ2n) is 7.45. The molecule has 1 amide bonds. The summed E-state index contributed by atoms with van der Waals surface area (Å²) in [6.07, 6.45) is 0.740. The van der Waals surface area contributed by atoms with E-state index in [1.165, 1.54) is 12.1 Å². The quantitative estimate of drug-likeness (QED) is 0.552. The standard InChI is InChI=1S/C20H24Cl2N2O4S/c1-20(2,3)24-29(26,27)16-9-7-15(8-10-16)23-19(25)5-4-12-28-18-11-6-14(21)13-17(18)22/h6-11,13,24H,4-5,12H2,1-3H3,(H,23,25). The van der Waals surface area contributed by atoms with Crippen LogP contribution >= 0.6 is 23.2 Å². The van der Waals surface area contributed by atoms with Crippen LogP contribution in [0, 0.1) is 0 Å². The molecule has 0 saturated heterocycles. The van der Waals surface area contributed by atoms with Gasteiger partial charge >= 0.3 is 0 Å². The number of benzene rings is 2. The Morgan fingerprint density at radius 1 is 1.07 bits per heavy atom. The van der Waals surface area contributed by atoms with Gasteiger partial charge in [-0.25, -0.2) is 13.1 Å². The molecule has 2 aromatic rings. The van der Waals surface area contributed by atoms with Gasteiger partial charge in [0.2, 0.25) is 15.9 Å². The number of anilines is 1. The molecule has 0 saturated carbocycles. The van der Waals surface area contributed by atoms with Crippen molar-refractivity contribution in [3.8, 4) is 5.75 Å². The maximum atomic E-state index is 12.3. The van der Waals surface area contributed by atoms with Crippen LogP contribution in [0.4, 0.5) is 5.69 Å². The number of hydrogen-bond donors (Lipinski definition) is 2. The van der Waals surface area contributed by atoms with Gasteiger partial charge in [-0.2, -0.15) is 0 Å². The zero-order chi connectivity index (χ0) is 21.7. The Hall–Kier alpha value is -1.80. The molecule has 0 heterocycles. The summed E-state index contributed by atoms with van der Waals surface area (Å²) in [5.74, 6) is 0.316. The first kappa shape index (κ1) is 23.5. The molecule has 0 aromatic heterocycles. The highest BCUT2D eigenvalue weighted by Crippen LogP contribution is 2.27. The Kier molecular flexibility index (Phi) is 7.94. The van der Waals surface area contributed by atoms with Crippen LogP contribution in [0.1, 0.15) is 33.6 Å². The lowest BCUT2D eigenvalue weighted by molar-refractivity contribution is -0.116. The fourth-order valence-electron chi connectivity index (χ4n) is 2.41. The molecule has 0 aliphatic heterocycles. The summed E-state index contributed by atoms with van der Waals surface area (Å²) in [5.41, 5.74) is -0.0595. The van der Waals surface area contributed by atoms with Gasteiger partial charge in [-0.15, -0.1) is 0 Å². The minimum absolute atomic E-state index is 0.138. The van der Waals surface area contributed by atoms with Gasteiger partial charge in [0.15, 0.2) is 0 Å². The van der Waals surface area contributed by atoms with Crippen molar-refractivity contribution in [1.29, 1.82) is 0 Å². The molecule has 0 bridgehead atoms. The van der Waals surface area contributed by atoms with Crippen molar-refractivity contribution < 1.29 is 17.9 Å². The van der Waals surface area contributed by atoms with E-state index >= 15 is 0 Å². The predicted molar refractivity (Wildman–Crippen MR) is 116 cm³/mol. The van der Waals surface area contributed by atoms with Gasteiger partial charge in [-0.05, 0) is 69.7 Å². The number of hydrogen-bond acceptors (Lipinski definition) is 4. The predicted octanol–water partition coefficient (Wildman–Crippen LogP) is 4.87. The van der Waals surface area contributed by atoms with Crippen molar-refractivity contribution in [2.45, 2.75) is 44.0 Å². The average Bonchev–Trinajstić information content (AvgIpc) is 2.58. The van der Waals surface area contributed by atoms with Gasteiger partial charge in [0, 0.05) is 22.7 Å². The van der Waals surface area contributed by atoms with Crippen LogP contribution in [0.5, 0.6) is 5.75 Å². The van der Waals surface area contributed by atoms with Crippen LogP contribution in [0.25, 0.3) is 0 Å². The van der Waals surface area contributed by atoms with Crippen molar-refractivity contribution in [1.82, 2.24) is 4.72 Å². The molecule has 6 nitrogen and oxygen atoms in total. The highest BCUT2D eigenvalue weighted by molar-refractivity contribution is 7.89. The number of rotatable bonds is 8. The normalized spacial score (nSPS) is 11.9. The maximum absolute atomic E-state index is 12.3. The zero-order valence-electron chi connectivity index (χ0n) is 16.5. The third kappa shape index (κ3) is 7.85. The van der Waals surface area contributed by atoms with Crippen LogP contribution in [0.15, 0.2) is 47.4 Å². The SMILES string of the molecule is CC(C)(C)NS(=O)(=O)c1ccc(NC(=O)CCCOc2ccc(Cl)cc2Cl)cc1. The van der Waals surface area contributed by atoms with E-state index in [1.807, 2.05) is 0 Å². The van der Waals surface area contributed by atoms with Gasteiger partial charge in [0.1, 0.15) is 5.75 Å². The van der Waals surface area contributed by atoms with Gasteiger partial charge in [0.05, 0.1) is 16.5 Å². The zero-order valence-corrected chi connectivity index (χ0v) is 18.8. The summed E-state index contributed by atoms with van der Waals surface area (Å²) in [6, 6.07) is 11.0. The number of carbonyl (C=O) groups is 1. The fraction of sp³-hybridized carbons (Fsp3) is 0.350. The fourth-order valence-corrected chi connectivity index (χ4v) is 4.29. The molecule has 2 rings (SSSR count). The molecule has 0 unspecified atom stereocenters. The topological polar surface area (TPSA) is 84.5 Å². The monoisotopic (exact) mass is 458 g/mol. The van der Waals surface area contributed by atoms with Crippen LogP contribution in [-0.4, -0.2) is 26.5 Å². The first-order valence-electron chi connectivity index (χ1n) is 8.98. The van der Waals surface area contributed by atoms with Crippen LogP contribution in [0.2, 0.25) is 10.0 Å². The summed E-state index contributed by atoms with van der Waals surface area (Å²) in [6.45, 7) is 5.63. The van der Waals surface area contributed by atoms with E-state index in [2.05, 4.69) is 10.0 Å². The Labute approximate surface area is 181 Å². The third-order valence-electron chi connectivity index (χ3n) is 3.59. The summed E-state index contributed by atoms with van der Waals surface area (Å²) >= 11 is 11.9. The van der Waals surface area contributed by atoms with E-state index < -0.39 is 15.6 Å². The molecule has 158 valence electrons. The summed E-state index contributed by atoms with van der Waals surface area (Å²) < 4.78 is 32.7. The molecule has 0 aliphatic rings. The van der Waals surface area contributed by atoms with Gasteiger partial charge in [-0.3, -0.25) is 4.79 Å². The minimum atomic E-state index is -3.61. The van der Waals surface area contributed by atoms with Crippen molar-refractivity contribution in [3.63, 3.8) is 0 Å². The van der Waals surface area contributed by atoms with Crippen LogP contribution < -0.4 is 14.8 Å². The van der Waals surface area contributed by atoms with Crippen molar-refractivity contribution in [3.05, 3.63) is 52.5 Å². The molecule has 0 aliphatic carbocycles. The van der Waals surface area contributed by atoms with E-state index in [0.717, 1.165) is 0 Å². The van der Waals surface area contributed by atoms with Crippen molar-refractivity contribution >= 4 is 44.8 Å². The number of halogens is 2. The molecular formula is C20H24Cl2N2O4S. The second-order valence-corrected chi connectivity index (χ2v) is 9.98. The second kappa shape index (κ2) is 9.80. The minimum Gasteiger partial charge on any atom is -0.492 e. The lowest BCUT2D eigenvalue weighted by Crippen LogP contribution is -2.40.